The molecule has 0 unspecified atom stereocenters. The van der Waals surface area contributed by atoms with E-state index in [9.17, 15) is 15.2 Å². The molecule has 0 atom stereocenters. The lowest BCUT2D eigenvalue weighted by Crippen LogP contribution is -2.34. The van der Waals surface area contributed by atoms with Crippen molar-refractivity contribution in [1.29, 1.82) is 0 Å². The third-order valence-electron chi connectivity index (χ3n) is 5.80. The molecular weight excluding hydrogens is 380 g/mol. The maximum absolute atomic E-state index is 11.3. The number of fused-ring (bicyclic) bond motifs is 1. The van der Waals surface area contributed by atoms with Crippen LogP contribution >= 0.6 is 0 Å². The number of para-hydroxylation sites is 1. The minimum atomic E-state index is -0.388. The number of hydrogen-bond acceptors (Lipinski definition) is 6. The molecule has 2 heterocycles. The van der Waals surface area contributed by atoms with Crippen molar-refractivity contribution in [2.75, 3.05) is 29.9 Å². The lowest BCUT2D eigenvalue weighted by Gasteiger charge is -2.33. The molecule has 1 aromatic heterocycles. The van der Waals surface area contributed by atoms with Gasteiger partial charge in [-0.1, -0.05) is 24.3 Å². The van der Waals surface area contributed by atoms with E-state index < -0.39 is 0 Å². The molecule has 7 nitrogen and oxygen atoms in total. The molecule has 0 saturated carbocycles. The van der Waals surface area contributed by atoms with Gasteiger partial charge < -0.3 is 15.3 Å². The van der Waals surface area contributed by atoms with Gasteiger partial charge in [-0.25, -0.2) is 4.98 Å². The number of piperidine rings is 1. The van der Waals surface area contributed by atoms with E-state index in [2.05, 4.69) is 39.5 Å². The van der Waals surface area contributed by atoms with Gasteiger partial charge in [0.1, 0.15) is 0 Å². The fourth-order valence-corrected chi connectivity index (χ4v) is 4.05. The normalized spacial score (nSPS) is 14.8. The van der Waals surface area contributed by atoms with Gasteiger partial charge in [0.2, 0.25) is 0 Å². The molecule has 1 aliphatic heterocycles. The standard InChI is InChI=1S/C23H26N4O3/c1-16-13-21(20-3-2-4-22(27(29)30)23(20)25-16)24-14-17-5-7-19(8-6-17)26-11-9-18(15-28)10-12-26/h2-8,13,18,28H,9-12,14-15H2,1H3,(H,24,25). The summed E-state index contributed by atoms with van der Waals surface area (Å²) in [6.07, 6.45) is 2.06. The van der Waals surface area contributed by atoms with Gasteiger partial charge in [0.25, 0.3) is 5.69 Å². The number of benzene rings is 2. The van der Waals surface area contributed by atoms with Gasteiger partial charge >= 0.3 is 0 Å². The lowest BCUT2D eigenvalue weighted by molar-refractivity contribution is -0.383. The second-order valence-electron chi connectivity index (χ2n) is 7.87. The molecule has 0 aliphatic carbocycles. The third kappa shape index (κ3) is 4.21. The molecule has 1 saturated heterocycles. The van der Waals surface area contributed by atoms with Gasteiger partial charge in [0.05, 0.1) is 4.92 Å². The number of nitrogens with one attached hydrogen (secondary N) is 1. The summed E-state index contributed by atoms with van der Waals surface area (Å²) in [5.41, 5.74) is 4.35. The minimum absolute atomic E-state index is 0.0218. The average Bonchev–Trinajstić information content (AvgIpc) is 2.77. The topological polar surface area (TPSA) is 91.5 Å². The molecule has 0 radical (unpaired) electrons. The Morgan fingerprint density at radius 2 is 1.93 bits per heavy atom. The number of nitrogens with zero attached hydrogens (tertiary/aromatic N) is 3. The number of rotatable bonds is 6. The fraction of sp³-hybridized carbons (Fsp3) is 0.348. The van der Waals surface area contributed by atoms with Crippen molar-refractivity contribution in [3.8, 4) is 0 Å². The number of aliphatic hydroxyl groups is 1. The van der Waals surface area contributed by atoms with E-state index in [-0.39, 0.29) is 17.2 Å². The zero-order chi connectivity index (χ0) is 21.1. The number of nitro groups is 1. The van der Waals surface area contributed by atoms with Crippen LogP contribution in [0.4, 0.5) is 17.1 Å². The predicted octanol–water partition coefficient (Wildman–Crippen LogP) is 4.27. The van der Waals surface area contributed by atoms with Crippen LogP contribution < -0.4 is 10.2 Å². The number of aromatic nitrogens is 1. The Balaban J connectivity index is 1.48. The zero-order valence-electron chi connectivity index (χ0n) is 17.0. The van der Waals surface area contributed by atoms with E-state index in [1.807, 2.05) is 19.1 Å². The first kappa shape index (κ1) is 20.1. The highest BCUT2D eigenvalue weighted by Crippen LogP contribution is 2.30. The first-order valence-corrected chi connectivity index (χ1v) is 10.3. The van der Waals surface area contributed by atoms with E-state index in [1.165, 1.54) is 11.8 Å². The number of hydrogen-bond donors (Lipinski definition) is 2. The van der Waals surface area contributed by atoms with Crippen molar-refractivity contribution < 1.29 is 10.0 Å². The van der Waals surface area contributed by atoms with Gasteiger partial charge in [-0.15, -0.1) is 0 Å². The van der Waals surface area contributed by atoms with Crippen molar-refractivity contribution in [2.24, 2.45) is 5.92 Å². The highest BCUT2D eigenvalue weighted by atomic mass is 16.6. The van der Waals surface area contributed by atoms with E-state index in [4.69, 9.17) is 0 Å². The average molecular weight is 406 g/mol. The Hall–Kier alpha value is -3.19. The number of aliphatic hydroxyl groups excluding tert-OH is 1. The van der Waals surface area contributed by atoms with Crippen molar-refractivity contribution in [1.82, 2.24) is 4.98 Å². The second kappa shape index (κ2) is 8.67. The number of non-ortho nitro benzene ring substituents is 1. The summed E-state index contributed by atoms with van der Waals surface area (Å²) < 4.78 is 0. The van der Waals surface area contributed by atoms with Crippen molar-refractivity contribution >= 4 is 28.0 Å². The quantitative estimate of drug-likeness (QED) is 0.469. The largest absolute Gasteiger partial charge is 0.396 e. The summed E-state index contributed by atoms with van der Waals surface area (Å²) in [5.74, 6) is 0.430. The molecule has 2 aromatic carbocycles. The van der Waals surface area contributed by atoms with Crippen molar-refractivity contribution in [3.63, 3.8) is 0 Å². The van der Waals surface area contributed by atoms with Crippen LogP contribution in [0, 0.1) is 23.0 Å². The second-order valence-corrected chi connectivity index (χ2v) is 7.87. The van der Waals surface area contributed by atoms with E-state index in [0.717, 1.165) is 48.3 Å². The van der Waals surface area contributed by atoms with Crippen LogP contribution in [-0.2, 0) is 6.54 Å². The molecular formula is C23H26N4O3. The molecule has 156 valence electrons. The minimum Gasteiger partial charge on any atom is -0.396 e. The number of nitro benzene ring substituents is 1. The molecule has 0 bridgehead atoms. The molecule has 1 aliphatic rings. The Bertz CT molecular complexity index is 1040. The fourth-order valence-electron chi connectivity index (χ4n) is 4.05. The Morgan fingerprint density at radius 3 is 2.60 bits per heavy atom. The van der Waals surface area contributed by atoms with Crippen LogP contribution in [0.3, 0.4) is 0 Å². The summed E-state index contributed by atoms with van der Waals surface area (Å²) in [6.45, 7) is 4.70. The van der Waals surface area contributed by atoms with Gasteiger partial charge in [0.15, 0.2) is 5.52 Å². The first-order chi connectivity index (χ1) is 14.5. The number of anilines is 2. The molecule has 2 N–H and O–H groups in total. The monoisotopic (exact) mass is 406 g/mol. The molecule has 3 aromatic rings. The van der Waals surface area contributed by atoms with Crippen LogP contribution in [0.5, 0.6) is 0 Å². The van der Waals surface area contributed by atoms with Crippen LogP contribution in [0.1, 0.15) is 24.1 Å². The smallest absolute Gasteiger partial charge is 0.295 e. The molecule has 0 spiro atoms. The Kier molecular flexibility index (Phi) is 5.81. The summed E-state index contributed by atoms with van der Waals surface area (Å²) in [4.78, 5) is 17.7. The summed E-state index contributed by atoms with van der Waals surface area (Å²) in [7, 11) is 0. The maximum atomic E-state index is 11.3. The van der Waals surface area contributed by atoms with Gasteiger partial charge in [-0.2, -0.15) is 0 Å². The van der Waals surface area contributed by atoms with Crippen LogP contribution in [-0.4, -0.2) is 34.7 Å². The lowest BCUT2D eigenvalue weighted by atomic mass is 9.97. The van der Waals surface area contributed by atoms with E-state index >= 15 is 0 Å². The number of pyridine rings is 1. The highest BCUT2D eigenvalue weighted by molar-refractivity contribution is 5.96. The molecule has 7 heteroatoms. The van der Waals surface area contributed by atoms with E-state index in [0.29, 0.717) is 18.0 Å². The molecule has 0 amide bonds. The van der Waals surface area contributed by atoms with Gasteiger partial charge in [0, 0.05) is 54.8 Å². The van der Waals surface area contributed by atoms with Gasteiger partial charge in [-0.3, -0.25) is 10.1 Å². The Labute approximate surface area is 175 Å². The maximum Gasteiger partial charge on any atom is 0.295 e. The molecule has 30 heavy (non-hydrogen) atoms. The summed E-state index contributed by atoms with van der Waals surface area (Å²) in [6, 6.07) is 15.5. The van der Waals surface area contributed by atoms with Gasteiger partial charge in [-0.05, 0) is 49.4 Å². The molecule has 1 fully saturated rings. The highest BCUT2D eigenvalue weighted by Gasteiger charge is 2.19. The number of aryl methyl sites for hydroxylation is 1. The van der Waals surface area contributed by atoms with E-state index in [1.54, 1.807) is 6.07 Å². The van der Waals surface area contributed by atoms with Crippen molar-refractivity contribution in [2.45, 2.75) is 26.3 Å². The molecule has 4 rings (SSSR count). The van der Waals surface area contributed by atoms with Crippen LogP contribution in [0.15, 0.2) is 48.5 Å². The van der Waals surface area contributed by atoms with Crippen LogP contribution in [0.25, 0.3) is 10.9 Å². The van der Waals surface area contributed by atoms with Crippen molar-refractivity contribution in [3.05, 3.63) is 69.9 Å². The summed E-state index contributed by atoms with van der Waals surface area (Å²) in [5, 5.41) is 24.8. The predicted molar refractivity (Wildman–Crippen MR) is 119 cm³/mol. The summed E-state index contributed by atoms with van der Waals surface area (Å²) >= 11 is 0. The SMILES string of the molecule is Cc1cc(NCc2ccc(N3CCC(CO)CC3)cc2)c2cccc([N+](=O)[O-])c2n1. The first-order valence-electron chi connectivity index (χ1n) is 10.3. The zero-order valence-corrected chi connectivity index (χ0v) is 17.0. The van der Waals surface area contributed by atoms with Crippen LogP contribution in [0.2, 0.25) is 0 Å². The third-order valence-corrected chi connectivity index (χ3v) is 5.80. The Morgan fingerprint density at radius 1 is 1.20 bits per heavy atom.